The van der Waals surface area contributed by atoms with Crippen LogP contribution in [0.4, 0.5) is 0 Å². The number of fused-ring (bicyclic) bond motifs is 3. The van der Waals surface area contributed by atoms with E-state index in [4.69, 9.17) is 17.3 Å². The lowest BCUT2D eigenvalue weighted by Crippen LogP contribution is -1.95. The largest absolute Gasteiger partial charge is 0.325 e. The van der Waals surface area contributed by atoms with Crippen LogP contribution in [0.15, 0.2) is 36.5 Å². The Hall–Kier alpha value is -1.58. The second-order valence-electron chi connectivity index (χ2n) is 3.70. The molecule has 0 bridgehead atoms. The summed E-state index contributed by atoms with van der Waals surface area (Å²) in [6.07, 6.45) is 1.95. The number of benzene rings is 1. The van der Waals surface area contributed by atoms with Gasteiger partial charge in [0.1, 0.15) is 5.65 Å². The van der Waals surface area contributed by atoms with E-state index >= 15 is 0 Å². The maximum atomic E-state index is 6.00. The molecular formula is C12H10ClN3. The Kier molecular flexibility index (Phi) is 2.09. The summed E-state index contributed by atoms with van der Waals surface area (Å²) in [6.45, 7) is 0.448. The zero-order chi connectivity index (χ0) is 11.1. The Labute approximate surface area is 97.5 Å². The van der Waals surface area contributed by atoms with Gasteiger partial charge < -0.3 is 5.73 Å². The topological polar surface area (TPSA) is 43.3 Å². The van der Waals surface area contributed by atoms with Crippen molar-refractivity contribution in [1.29, 1.82) is 0 Å². The third-order valence-electron chi connectivity index (χ3n) is 2.66. The Balaban J connectivity index is 2.46. The fourth-order valence-corrected chi connectivity index (χ4v) is 2.05. The van der Waals surface area contributed by atoms with Crippen LogP contribution in [0.5, 0.6) is 0 Å². The van der Waals surface area contributed by atoms with Gasteiger partial charge in [-0.05, 0) is 29.7 Å². The molecule has 0 saturated carbocycles. The molecule has 0 aliphatic heterocycles. The van der Waals surface area contributed by atoms with Crippen LogP contribution in [0.3, 0.4) is 0 Å². The Morgan fingerprint density at radius 3 is 2.88 bits per heavy atom. The van der Waals surface area contributed by atoms with Crippen molar-refractivity contribution in [2.75, 3.05) is 0 Å². The molecule has 0 unspecified atom stereocenters. The van der Waals surface area contributed by atoms with Crippen molar-refractivity contribution in [3.8, 4) is 0 Å². The average Bonchev–Trinajstić information content (AvgIpc) is 2.72. The van der Waals surface area contributed by atoms with Crippen LogP contribution in [-0.2, 0) is 6.54 Å². The number of hydrogen-bond donors (Lipinski definition) is 1. The summed E-state index contributed by atoms with van der Waals surface area (Å²) in [7, 11) is 0. The first-order valence-corrected chi connectivity index (χ1v) is 5.42. The van der Waals surface area contributed by atoms with Gasteiger partial charge in [-0.15, -0.1) is 0 Å². The summed E-state index contributed by atoms with van der Waals surface area (Å²) in [5.74, 6) is 0. The number of pyridine rings is 1. The van der Waals surface area contributed by atoms with Crippen LogP contribution >= 0.6 is 11.6 Å². The summed E-state index contributed by atoms with van der Waals surface area (Å²) in [6, 6.07) is 9.84. The minimum absolute atomic E-state index is 0.448. The van der Waals surface area contributed by atoms with Crippen LogP contribution in [0.1, 0.15) is 5.69 Å². The molecule has 3 nitrogen and oxygen atoms in total. The van der Waals surface area contributed by atoms with Gasteiger partial charge in [0, 0.05) is 17.8 Å². The van der Waals surface area contributed by atoms with E-state index in [0.717, 1.165) is 27.3 Å². The lowest BCUT2D eigenvalue weighted by Gasteiger charge is -2.01. The Bertz CT molecular complexity index is 672. The third kappa shape index (κ3) is 1.37. The molecule has 0 aliphatic rings. The first-order valence-electron chi connectivity index (χ1n) is 5.04. The lowest BCUT2D eigenvalue weighted by molar-refractivity contribution is 1.02. The van der Waals surface area contributed by atoms with Crippen molar-refractivity contribution in [2.24, 2.45) is 5.73 Å². The van der Waals surface area contributed by atoms with Gasteiger partial charge in [0.25, 0.3) is 0 Å². The highest BCUT2D eigenvalue weighted by molar-refractivity contribution is 6.31. The molecule has 0 radical (unpaired) electrons. The Morgan fingerprint density at radius 1 is 1.25 bits per heavy atom. The number of nitrogens with zero attached hydrogens (tertiary/aromatic N) is 2. The van der Waals surface area contributed by atoms with Crippen molar-refractivity contribution in [2.45, 2.75) is 6.54 Å². The van der Waals surface area contributed by atoms with Crippen molar-refractivity contribution in [1.82, 2.24) is 9.38 Å². The molecule has 80 valence electrons. The number of rotatable bonds is 1. The van der Waals surface area contributed by atoms with Crippen molar-refractivity contribution < 1.29 is 0 Å². The van der Waals surface area contributed by atoms with E-state index in [1.165, 1.54) is 0 Å². The van der Waals surface area contributed by atoms with Gasteiger partial charge in [-0.25, -0.2) is 4.98 Å². The summed E-state index contributed by atoms with van der Waals surface area (Å²) < 4.78 is 2.02. The molecule has 0 fully saturated rings. The van der Waals surface area contributed by atoms with E-state index in [-0.39, 0.29) is 0 Å². The summed E-state index contributed by atoms with van der Waals surface area (Å²) >= 11 is 6.00. The lowest BCUT2D eigenvalue weighted by atomic mass is 10.2. The monoisotopic (exact) mass is 231 g/mol. The third-order valence-corrected chi connectivity index (χ3v) is 2.89. The van der Waals surface area contributed by atoms with Gasteiger partial charge in [0.15, 0.2) is 0 Å². The molecule has 3 rings (SSSR count). The summed E-state index contributed by atoms with van der Waals surface area (Å²) in [5.41, 5.74) is 8.42. The molecule has 2 heterocycles. The normalized spacial score (nSPS) is 11.4. The molecule has 1 aromatic carbocycles. The highest BCUT2D eigenvalue weighted by Gasteiger charge is 2.04. The first kappa shape index (κ1) is 9.63. The number of hydrogen-bond acceptors (Lipinski definition) is 2. The van der Waals surface area contributed by atoms with E-state index in [1.807, 2.05) is 40.9 Å². The standard InChI is InChI=1S/C12H10ClN3/c13-9-3-1-8-2-4-12-15-10(6-14)7-16(12)11(8)5-9/h1-5,7H,6,14H2. The van der Waals surface area contributed by atoms with E-state index in [1.54, 1.807) is 0 Å². The predicted octanol–water partition coefficient (Wildman–Crippen LogP) is 2.60. The van der Waals surface area contributed by atoms with Gasteiger partial charge in [-0.3, -0.25) is 4.40 Å². The van der Waals surface area contributed by atoms with Crippen LogP contribution < -0.4 is 5.73 Å². The molecule has 0 spiro atoms. The maximum absolute atomic E-state index is 6.00. The average molecular weight is 232 g/mol. The van der Waals surface area contributed by atoms with Crippen molar-refractivity contribution >= 4 is 28.2 Å². The number of aromatic nitrogens is 2. The molecule has 2 aromatic heterocycles. The predicted molar refractivity (Wildman–Crippen MR) is 65.6 cm³/mol. The van der Waals surface area contributed by atoms with E-state index in [0.29, 0.717) is 6.54 Å². The molecule has 0 aliphatic carbocycles. The first-order chi connectivity index (χ1) is 7.78. The van der Waals surface area contributed by atoms with E-state index in [2.05, 4.69) is 4.98 Å². The SMILES string of the molecule is NCc1cn2c(ccc3ccc(Cl)cc32)n1. The fourth-order valence-electron chi connectivity index (χ4n) is 1.88. The van der Waals surface area contributed by atoms with Crippen LogP contribution in [0.25, 0.3) is 16.6 Å². The second-order valence-corrected chi connectivity index (χ2v) is 4.14. The smallest absolute Gasteiger partial charge is 0.137 e. The van der Waals surface area contributed by atoms with Gasteiger partial charge in [0.05, 0.1) is 11.2 Å². The zero-order valence-corrected chi connectivity index (χ0v) is 9.28. The molecule has 4 heteroatoms. The molecular weight excluding hydrogens is 222 g/mol. The van der Waals surface area contributed by atoms with Gasteiger partial charge >= 0.3 is 0 Å². The molecule has 2 N–H and O–H groups in total. The highest BCUT2D eigenvalue weighted by atomic mass is 35.5. The highest BCUT2D eigenvalue weighted by Crippen LogP contribution is 2.21. The summed E-state index contributed by atoms with van der Waals surface area (Å²) in [5, 5.41) is 1.86. The van der Waals surface area contributed by atoms with E-state index < -0.39 is 0 Å². The quantitative estimate of drug-likeness (QED) is 0.700. The van der Waals surface area contributed by atoms with Crippen molar-refractivity contribution in [3.63, 3.8) is 0 Å². The molecule has 3 aromatic rings. The zero-order valence-electron chi connectivity index (χ0n) is 8.52. The fraction of sp³-hybridized carbons (Fsp3) is 0.0833. The van der Waals surface area contributed by atoms with E-state index in [9.17, 15) is 0 Å². The summed E-state index contributed by atoms with van der Waals surface area (Å²) in [4.78, 5) is 4.41. The molecule has 0 atom stereocenters. The van der Waals surface area contributed by atoms with Crippen LogP contribution in [0, 0.1) is 0 Å². The molecule has 0 amide bonds. The minimum Gasteiger partial charge on any atom is -0.325 e. The van der Waals surface area contributed by atoms with Crippen LogP contribution in [0.2, 0.25) is 5.02 Å². The molecule has 0 saturated heterocycles. The van der Waals surface area contributed by atoms with Crippen molar-refractivity contribution in [3.05, 3.63) is 47.2 Å². The number of nitrogens with two attached hydrogens (primary N) is 1. The van der Waals surface area contributed by atoms with Gasteiger partial charge in [-0.2, -0.15) is 0 Å². The number of halogens is 1. The van der Waals surface area contributed by atoms with Gasteiger partial charge in [0.2, 0.25) is 0 Å². The van der Waals surface area contributed by atoms with Crippen LogP contribution in [-0.4, -0.2) is 9.38 Å². The van der Waals surface area contributed by atoms with Gasteiger partial charge in [-0.1, -0.05) is 17.7 Å². The molecule has 16 heavy (non-hydrogen) atoms. The number of imidazole rings is 1. The Morgan fingerprint density at radius 2 is 2.06 bits per heavy atom. The maximum Gasteiger partial charge on any atom is 0.137 e. The minimum atomic E-state index is 0.448. The second kappa shape index (κ2) is 3.47.